The minimum Gasteiger partial charge on any atom is -0.481 e. The summed E-state index contributed by atoms with van der Waals surface area (Å²) in [5, 5.41) is 2.53. The molecule has 0 spiro atoms. The predicted molar refractivity (Wildman–Crippen MR) is 75.9 cm³/mol. The largest absolute Gasteiger partial charge is 0.481 e. The fourth-order valence-electron chi connectivity index (χ4n) is 1.24. The van der Waals surface area contributed by atoms with Crippen LogP contribution in [0, 0.1) is 0 Å². The molecule has 1 N–H and O–H groups in total. The summed E-state index contributed by atoms with van der Waals surface area (Å²) < 4.78 is 6.40. The van der Waals surface area contributed by atoms with E-state index in [0.717, 1.165) is 4.47 Å². The van der Waals surface area contributed by atoms with Crippen molar-refractivity contribution >= 4 is 27.7 Å². The molecule has 0 unspecified atom stereocenters. The van der Waals surface area contributed by atoms with Crippen LogP contribution in [-0.2, 0) is 9.59 Å². The zero-order valence-electron chi connectivity index (χ0n) is 11.1. The zero-order chi connectivity index (χ0) is 14.4. The van der Waals surface area contributed by atoms with E-state index in [1.165, 1.54) is 4.90 Å². The molecule has 0 aliphatic heterocycles. The van der Waals surface area contributed by atoms with Crippen LogP contribution in [0.15, 0.2) is 28.7 Å². The second kappa shape index (κ2) is 7.13. The topological polar surface area (TPSA) is 58.6 Å². The van der Waals surface area contributed by atoms with Crippen molar-refractivity contribution in [3.8, 4) is 5.75 Å². The van der Waals surface area contributed by atoms with Gasteiger partial charge < -0.3 is 15.0 Å². The standard InChI is InChI=1S/C13H17BrN2O3/c1-9(13(18)15-8-12(17)16(2)3)19-11-6-4-10(14)5-7-11/h4-7,9H,8H2,1-3H3,(H,15,18)/t9-/m1/s1. The summed E-state index contributed by atoms with van der Waals surface area (Å²) >= 11 is 3.32. The Kier molecular flexibility index (Phi) is 5.82. The summed E-state index contributed by atoms with van der Waals surface area (Å²) in [5.41, 5.74) is 0. The molecule has 19 heavy (non-hydrogen) atoms. The SMILES string of the molecule is C[C@@H](Oc1ccc(Br)cc1)C(=O)NCC(=O)N(C)C. The molecular formula is C13H17BrN2O3. The van der Waals surface area contributed by atoms with E-state index in [9.17, 15) is 9.59 Å². The molecule has 0 radical (unpaired) electrons. The lowest BCUT2D eigenvalue weighted by Crippen LogP contribution is -2.42. The van der Waals surface area contributed by atoms with Crippen LogP contribution < -0.4 is 10.1 Å². The molecule has 5 nitrogen and oxygen atoms in total. The van der Waals surface area contributed by atoms with E-state index in [0.29, 0.717) is 5.75 Å². The summed E-state index contributed by atoms with van der Waals surface area (Å²) in [6, 6.07) is 7.18. The highest BCUT2D eigenvalue weighted by Gasteiger charge is 2.15. The summed E-state index contributed by atoms with van der Waals surface area (Å²) in [4.78, 5) is 24.5. The molecule has 1 atom stereocenters. The van der Waals surface area contributed by atoms with Crippen molar-refractivity contribution in [2.24, 2.45) is 0 Å². The highest BCUT2D eigenvalue weighted by atomic mass is 79.9. The Labute approximate surface area is 121 Å². The van der Waals surface area contributed by atoms with Crippen LogP contribution in [0.25, 0.3) is 0 Å². The number of carbonyl (C=O) groups excluding carboxylic acids is 2. The number of nitrogens with one attached hydrogen (secondary N) is 1. The van der Waals surface area contributed by atoms with Gasteiger partial charge in [0.1, 0.15) is 5.75 Å². The Balaban J connectivity index is 2.44. The Morgan fingerprint density at radius 2 is 1.89 bits per heavy atom. The highest BCUT2D eigenvalue weighted by molar-refractivity contribution is 9.10. The maximum Gasteiger partial charge on any atom is 0.261 e. The second-order valence-corrected chi connectivity index (χ2v) is 5.14. The lowest BCUT2D eigenvalue weighted by atomic mass is 10.3. The molecule has 0 aliphatic carbocycles. The van der Waals surface area contributed by atoms with Crippen LogP contribution in [0.4, 0.5) is 0 Å². The number of amides is 2. The van der Waals surface area contributed by atoms with Gasteiger partial charge in [0.2, 0.25) is 5.91 Å². The van der Waals surface area contributed by atoms with Gasteiger partial charge in [0, 0.05) is 18.6 Å². The van der Waals surface area contributed by atoms with Crippen LogP contribution in [0.3, 0.4) is 0 Å². The number of likely N-dealkylation sites (N-methyl/N-ethyl adjacent to an activating group) is 1. The van der Waals surface area contributed by atoms with E-state index < -0.39 is 6.10 Å². The van der Waals surface area contributed by atoms with Crippen molar-refractivity contribution < 1.29 is 14.3 Å². The van der Waals surface area contributed by atoms with Gasteiger partial charge in [-0.3, -0.25) is 9.59 Å². The Morgan fingerprint density at radius 1 is 1.32 bits per heavy atom. The third-order valence-corrected chi connectivity index (χ3v) is 2.94. The smallest absolute Gasteiger partial charge is 0.261 e. The van der Waals surface area contributed by atoms with E-state index in [2.05, 4.69) is 21.2 Å². The molecule has 104 valence electrons. The highest BCUT2D eigenvalue weighted by Crippen LogP contribution is 2.17. The van der Waals surface area contributed by atoms with Gasteiger partial charge in [-0.1, -0.05) is 15.9 Å². The third-order valence-electron chi connectivity index (χ3n) is 2.41. The second-order valence-electron chi connectivity index (χ2n) is 4.22. The molecular weight excluding hydrogens is 312 g/mol. The number of hydrogen-bond acceptors (Lipinski definition) is 3. The molecule has 0 bridgehead atoms. The molecule has 0 saturated heterocycles. The van der Waals surface area contributed by atoms with Gasteiger partial charge in [-0.05, 0) is 31.2 Å². The maximum atomic E-state index is 11.7. The van der Waals surface area contributed by atoms with Crippen molar-refractivity contribution in [1.29, 1.82) is 0 Å². The van der Waals surface area contributed by atoms with E-state index in [1.807, 2.05) is 12.1 Å². The Bertz CT molecular complexity index is 446. The van der Waals surface area contributed by atoms with E-state index in [1.54, 1.807) is 33.2 Å². The molecule has 6 heteroatoms. The van der Waals surface area contributed by atoms with Crippen LogP contribution >= 0.6 is 15.9 Å². The molecule has 2 amide bonds. The number of rotatable bonds is 5. The molecule has 0 aliphatic rings. The van der Waals surface area contributed by atoms with Crippen LogP contribution in [0.5, 0.6) is 5.75 Å². The monoisotopic (exact) mass is 328 g/mol. The minimum atomic E-state index is -0.656. The number of halogens is 1. The van der Waals surface area contributed by atoms with Crippen molar-refractivity contribution in [3.63, 3.8) is 0 Å². The summed E-state index contributed by atoms with van der Waals surface area (Å²) in [6.07, 6.45) is -0.656. The van der Waals surface area contributed by atoms with Gasteiger partial charge in [0.25, 0.3) is 5.91 Å². The van der Waals surface area contributed by atoms with Gasteiger partial charge >= 0.3 is 0 Å². The van der Waals surface area contributed by atoms with Crippen molar-refractivity contribution in [3.05, 3.63) is 28.7 Å². The van der Waals surface area contributed by atoms with Crippen LogP contribution in [0.2, 0.25) is 0 Å². The van der Waals surface area contributed by atoms with Gasteiger partial charge in [-0.15, -0.1) is 0 Å². The first-order valence-electron chi connectivity index (χ1n) is 5.80. The molecule has 1 aromatic carbocycles. The molecule has 1 aromatic rings. The summed E-state index contributed by atoms with van der Waals surface area (Å²) in [6.45, 7) is 1.61. The van der Waals surface area contributed by atoms with E-state index in [-0.39, 0.29) is 18.4 Å². The van der Waals surface area contributed by atoms with Gasteiger partial charge in [0.05, 0.1) is 6.54 Å². The molecule has 0 aromatic heterocycles. The maximum absolute atomic E-state index is 11.7. The average molecular weight is 329 g/mol. The molecule has 0 fully saturated rings. The minimum absolute atomic E-state index is 0.0279. The molecule has 0 saturated carbocycles. The first kappa shape index (κ1) is 15.5. The summed E-state index contributed by atoms with van der Waals surface area (Å²) in [7, 11) is 3.27. The quantitative estimate of drug-likeness (QED) is 0.889. The van der Waals surface area contributed by atoms with Crippen molar-refractivity contribution in [2.75, 3.05) is 20.6 Å². The average Bonchev–Trinajstić information content (AvgIpc) is 2.37. The first-order valence-corrected chi connectivity index (χ1v) is 6.59. The van der Waals surface area contributed by atoms with E-state index in [4.69, 9.17) is 4.74 Å². The number of benzene rings is 1. The molecule has 0 heterocycles. The van der Waals surface area contributed by atoms with Crippen LogP contribution in [0.1, 0.15) is 6.92 Å². The first-order chi connectivity index (χ1) is 8.90. The number of carbonyl (C=O) groups is 2. The Morgan fingerprint density at radius 3 is 2.42 bits per heavy atom. The summed E-state index contributed by atoms with van der Waals surface area (Å²) in [5.74, 6) is 0.118. The van der Waals surface area contributed by atoms with Gasteiger partial charge in [-0.25, -0.2) is 0 Å². The number of hydrogen-bond donors (Lipinski definition) is 1. The zero-order valence-corrected chi connectivity index (χ0v) is 12.7. The normalized spacial score (nSPS) is 11.6. The molecule has 1 rings (SSSR count). The van der Waals surface area contributed by atoms with Crippen LogP contribution in [-0.4, -0.2) is 43.5 Å². The number of ether oxygens (including phenoxy) is 1. The van der Waals surface area contributed by atoms with Crippen molar-refractivity contribution in [1.82, 2.24) is 10.2 Å². The van der Waals surface area contributed by atoms with E-state index >= 15 is 0 Å². The third kappa shape index (κ3) is 5.30. The fourth-order valence-corrected chi connectivity index (χ4v) is 1.50. The predicted octanol–water partition coefficient (Wildman–Crippen LogP) is 1.42. The fraction of sp³-hybridized carbons (Fsp3) is 0.385. The lowest BCUT2D eigenvalue weighted by Gasteiger charge is -2.16. The van der Waals surface area contributed by atoms with Gasteiger partial charge in [0.15, 0.2) is 6.10 Å². The van der Waals surface area contributed by atoms with Crippen molar-refractivity contribution in [2.45, 2.75) is 13.0 Å². The van der Waals surface area contributed by atoms with Gasteiger partial charge in [-0.2, -0.15) is 0 Å². The number of nitrogens with zero attached hydrogens (tertiary/aromatic N) is 1. The lowest BCUT2D eigenvalue weighted by molar-refractivity contribution is -0.133. The Hall–Kier alpha value is -1.56.